The second-order valence-electron chi connectivity index (χ2n) is 18.7. The van der Waals surface area contributed by atoms with Gasteiger partial charge in [-0.2, -0.15) is 0 Å². The molecule has 1 N–H and O–H groups in total. The van der Waals surface area contributed by atoms with Crippen LogP contribution in [0.1, 0.15) is 38.9 Å². The average Bonchev–Trinajstić information content (AvgIpc) is 3.47. The zero-order chi connectivity index (χ0) is 52.2. The maximum Gasteiger partial charge on any atom is 0.187 e. The molecular formula is C63H68O13. The SMILES string of the molecule is COc1ccc(CO[C@H]2[C@@H](OCc3ccc(OC)cc3)[C@@H](COCc3ccccc3)O[C@@H](O[C@H]3[C@H](OCc4ccccc4)[C@@H](OCc4ccccc4)[C@H](O)O[C@@H]3COCc3ccccc3)[C@@H]2OCc2ccccc2)cc1. The summed E-state index contributed by atoms with van der Waals surface area (Å²) >= 11 is 0. The maximum atomic E-state index is 12.0. The second-order valence-corrected chi connectivity index (χ2v) is 18.7. The van der Waals surface area contributed by atoms with Crippen molar-refractivity contribution in [2.45, 2.75) is 108 Å². The van der Waals surface area contributed by atoms with Crippen molar-refractivity contribution in [1.82, 2.24) is 0 Å². The van der Waals surface area contributed by atoms with Crippen molar-refractivity contribution in [3.63, 3.8) is 0 Å². The van der Waals surface area contributed by atoms with E-state index >= 15 is 0 Å². The first-order valence-electron chi connectivity index (χ1n) is 25.8. The van der Waals surface area contributed by atoms with Gasteiger partial charge in [-0.25, -0.2) is 0 Å². The van der Waals surface area contributed by atoms with Crippen molar-refractivity contribution in [2.24, 2.45) is 0 Å². The van der Waals surface area contributed by atoms with Gasteiger partial charge in [0.25, 0.3) is 0 Å². The Bertz CT molecular complexity index is 2690. The van der Waals surface area contributed by atoms with Crippen molar-refractivity contribution < 1.29 is 61.9 Å². The third-order valence-corrected chi connectivity index (χ3v) is 13.3. The van der Waals surface area contributed by atoms with Crippen molar-refractivity contribution >= 4 is 0 Å². The molecule has 10 atom stereocenters. The van der Waals surface area contributed by atoms with Gasteiger partial charge in [0.05, 0.1) is 73.7 Å². The van der Waals surface area contributed by atoms with Crippen molar-refractivity contribution in [3.05, 3.63) is 239 Å². The molecule has 2 aliphatic heterocycles. The van der Waals surface area contributed by atoms with Crippen LogP contribution in [0.5, 0.6) is 11.5 Å². The molecular weight excluding hydrogens is 965 g/mol. The fraction of sp³-hybridized carbons (Fsp3) is 0.333. The van der Waals surface area contributed by atoms with Crippen LogP contribution in [0.15, 0.2) is 200 Å². The lowest BCUT2D eigenvalue weighted by Gasteiger charge is -2.49. The monoisotopic (exact) mass is 1030 g/mol. The molecule has 0 unspecified atom stereocenters. The summed E-state index contributed by atoms with van der Waals surface area (Å²) in [6.07, 6.45) is -9.76. The van der Waals surface area contributed by atoms with Crippen LogP contribution in [0.25, 0.3) is 0 Å². The summed E-state index contributed by atoms with van der Waals surface area (Å²) in [5.74, 6) is 1.45. The summed E-state index contributed by atoms with van der Waals surface area (Å²) < 4.78 is 79.9. The van der Waals surface area contributed by atoms with Crippen LogP contribution >= 0.6 is 0 Å². The molecule has 0 radical (unpaired) electrons. The standard InChI is InChI=1S/C63H68O13/c1-65-52-32-28-50(29-33-52)41-69-56-54(43-67-36-45-18-8-3-9-19-45)75-63(61(73-40-49-26-16-7-17-27-49)58(56)70-42-51-30-34-53(66-2)35-31-51)76-57-55(44-68-37-46-20-10-4-11-21-46)74-62(64)60(72-39-48-24-14-6-15-25-48)59(57)71-38-47-22-12-5-13-23-47/h3-35,54-64H,36-44H2,1-2H3/t54-,55-,56+,57-,58+,59+,60-,61-,62-,63+/m1/s1. The minimum atomic E-state index is -1.43. The molecule has 7 aromatic rings. The molecule has 2 fully saturated rings. The van der Waals surface area contributed by atoms with Crippen LogP contribution < -0.4 is 9.47 Å². The summed E-state index contributed by atoms with van der Waals surface area (Å²) in [4.78, 5) is 0. The molecule has 76 heavy (non-hydrogen) atoms. The zero-order valence-corrected chi connectivity index (χ0v) is 43.0. The van der Waals surface area contributed by atoms with E-state index in [4.69, 9.17) is 56.8 Å². The number of methoxy groups -OCH3 is 2. The smallest absolute Gasteiger partial charge is 0.187 e. The normalized spacial score (nSPS) is 23.5. The fourth-order valence-corrected chi connectivity index (χ4v) is 9.27. The number of ether oxygens (including phenoxy) is 12. The van der Waals surface area contributed by atoms with E-state index in [-0.39, 0.29) is 52.9 Å². The second kappa shape index (κ2) is 28.7. The Kier molecular flexibility index (Phi) is 20.6. The molecule has 13 nitrogen and oxygen atoms in total. The van der Waals surface area contributed by atoms with E-state index in [0.29, 0.717) is 6.61 Å². The Morgan fingerprint density at radius 1 is 0.329 bits per heavy atom. The van der Waals surface area contributed by atoms with Gasteiger partial charge in [-0.15, -0.1) is 0 Å². The highest BCUT2D eigenvalue weighted by atomic mass is 16.8. The predicted octanol–water partition coefficient (Wildman–Crippen LogP) is 10.2. The van der Waals surface area contributed by atoms with Crippen LogP contribution in [0.3, 0.4) is 0 Å². The highest BCUT2D eigenvalue weighted by molar-refractivity contribution is 5.28. The van der Waals surface area contributed by atoms with Crippen LogP contribution in [0.4, 0.5) is 0 Å². The number of benzene rings is 7. The lowest BCUT2D eigenvalue weighted by Crippen LogP contribution is -2.66. The Morgan fingerprint density at radius 3 is 1.04 bits per heavy atom. The average molecular weight is 1030 g/mol. The number of rotatable bonds is 27. The van der Waals surface area contributed by atoms with E-state index in [1.807, 2.05) is 200 Å². The van der Waals surface area contributed by atoms with Crippen LogP contribution in [0.2, 0.25) is 0 Å². The van der Waals surface area contributed by atoms with Crippen LogP contribution in [0, 0.1) is 0 Å². The van der Waals surface area contributed by atoms with E-state index in [2.05, 4.69) is 0 Å². The van der Waals surface area contributed by atoms with E-state index < -0.39 is 61.4 Å². The lowest BCUT2D eigenvalue weighted by atomic mass is 9.95. The molecule has 0 spiro atoms. The van der Waals surface area contributed by atoms with Gasteiger partial charge in [0.2, 0.25) is 0 Å². The van der Waals surface area contributed by atoms with Gasteiger partial charge in [0.15, 0.2) is 12.6 Å². The third-order valence-electron chi connectivity index (χ3n) is 13.3. The van der Waals surface area contributed by atoms with Gasteiger partial charge in [-0.1, -0.05) is 176 Å². The molecule has 2 aliphatic rings. The summed E-state index contributed by atoms with van der Waals surface area (Å²) in [6.45, 7) is 1.61. The maximum absolute atomic E-state index is 12.0. The van der Waals surface area contributed by atoms with Gasteiger partial charge in [-0.05, 0) is 63.2 Å². The Labute approximate surface area is 446 Å². The minimum Gasteiger partial charge on any atom is -0.497 e. The van der Waals surface area contributed by atoms with E-state index in [0.717, 1.165) is 50.4 Å². The molecule has 13 heteroatoms. The molecule has 0 saturated carbocycles. The van der Waals surface area contributed by atoms with E-state index in [9.17, 15) is 5.11 Å². The zero-order valence-electron chi connectivity index (χ0n) is 43.0. The van der Waals surface area contributed by atoms with Crippen molar-refractivity contribution in [3.8, 4) is 11.5 Å². The molecule has 7 aromatic carbocycles. The highest BCUT2D eigenvalue weighted by Gasteiger charge is 2.54. The van der Waals surface area contributed by atoms with Crippen LogP contribution in [-0.4, -0.2) is 94.0 Å². The Hall–Kier alpha value is -6.30. The van der Waals surface area contributed by atoms with E-state index in [1.54, 1.807) is 14.2 Å². The third kappa shape index (κ3) is 15.7. The van der Waals surface area contributed by atoms with Gasteiger partial charge in [0.1, 0.15) is 60.3 Å². The molecule has 0 bridgehead atoms. The molecule has 0 aliphatic carbocycles. The number of aliphatic hydroxyl groups excluding tert-OH is 1. The van der Waals surface area contributed by atoms with Gasteiger partial charge in [0, 0.05) is 0 Å². The molecule has 9 rings (SSSR count). The predicted molar refractivity (Wildman–Crippen MR) is 285 cm³/mol. The fourth-order valence-electron chi connectivity index (χ4n) is 9.27. The summed E-state index contributed by atoms with van der Waals surface area (Å²) in [6, 6.07) is 64.8. The first-order chi connectivity index (χ1) is 37.5. The Morgan fingerprint density at radius 2 is 0.645 bits per heavy atom. The molecule has 2 heterocycles. The van der Waals surface area contributed by atoms with E-state index in [1.165, 1.54) is 0 Å². The first kappa shape index (κ1) is 54.5. The van der Waals surface area contributed by atoms with Crippen LogP contribution in [-0.2, 0) is 93.6 Å². The van der Waals surface area contributed by atoms with Gasteiger partial charge >= 0.3 is 0 Å². The molecule has 0 amide bonds. The largest absolute Gasteiger partial charge is 0.497 e. The summed E-state index contributed by atoms with van der Waals surface area (Å²) in [7, 11) is 3.28. The summed E-state index contributed by atoms with van der Waals surface area (Å²) in [5, 5.41) is 12.0. The molecule has 398 valence electrons. The van der Waals surface area contributed by atoms with Gasteiger partial charge in [-0.3, -0.25) is 0 Å². The number of hydrogen-bond donors (Lipinski definition) is 1. The Balaban J connectivity index is 1.11. The number of aliphatic hydroxyl groups is 1. The first-order valence-corrected chi connectivity index (χ1v) is 25.8. The quantitative estimate of drug-likeness (QED) is 0.0525. The van der Waals surface area contributed by atoms with Gasteiger partial charge < -0.3 is 61.9 Å². The molecule has 2 saturated heterocycles. The minimum absolute atomic E-state index is 0.0179. The topological polar surface area (TPSA) is 131 Å². The highest BCUT2D eigenvalue weighted by Crippen LogP contribution is 2.37. The van der Waals surface area contributed by atoms with Crippen molar-refractivity contribution in [2.75, 3.05) is 27.4 Å². The molecule has 0 aromatic heterocycles. The number of hydrogen-bond acceptors (Lipinski definition) is 13. The summed E-state index contributed by atoms with van der Waals surface area (Å²) in [5.41, 5.74) is 6.52. The lowest BCUT2D eigenvalue weighted by molar-refractivity contribution is -0.374. The van der Waals surface area contributed by atoms with Crippen molar-refractivity contribution in [1.29, 1.82) is 0 Å².